The molecule has 21 heavy (non-hydrogen) atoms. The molecule has 0 radical (unpaired) electrons. The van der Waals surface area contributed by atoms with Gasteiger partial charge in [0, 0.05) is 11.6 Å². The molecular formula is C15H10N2O4. The van der Waals surface area contributed by atoms with E-state index in [4.69, 9.17) is 5.11 Å². The number of aromatic nitrogens is 2. The van der Waals surface area contributed by atoms with Gasteiger partial charge in [-0.05, 0) is 11.5 Å². The average molecular weight is 282 g/mol. The number of fused-ring (bicyclic) bond motifs is 1. The molecule has 104 valence electrons. The van der Waals surface area contributed by atoms with Crippen LogP contribution >= 0.6 is 0 Å². The maximum atomic E-state index is 12.0. The van der Waals surface area contributed by atoms with Crippen molar-refractivity contribution in [3.8, 4) is 5.69 Å². The number of carbonyl (C=O) groups is 1. The van der Waals surface area contributed by atoms with Crippen molar-refractivity contribution >= 4 is 16.7 Å². The first-order valence-corrected chi connectivity index (χ1v) is 6.15. The summed E-state index contributed by atoms with van der Waals surface area (Å²) in [6, 6.07) is 12.7. The minimum Gasteiger partial charge on any atom is -0.477 e. The summed E-state index contributed by atoms with van der Waals surface area (Å²) in [6.07, 6.45) is 1.05. The molecule has 0 aliphatic heterocycles. The Labute approximate surface area is 117 Å². The minimum atomic E-state index is -1.38. The van der Waals surface area contributed by atoms with Gasteiger partial charge in [0.2, 0.25) is 0 Å². The lowest BCUT2D eigenvalue weighted by molar-refractivity contribution is 0.0694. The number of carboxylic acid groups (broad SMARTS) is 1. The Morgan fingerprint density at radius 1 is 1.05 bits per heavy atom. The van der Waals surface area contributed by atoms with Crippen LogP contribution in [-0.2, 0) is 0 Å². The zero-order valence-corrected chi connectivity index (χ0v) is 10.7. The smallest absolute Gasteiger partial charge is 0.342 e. The van der Waals surface area contributed by atoms with Crippen molar-refractivity contribution in [2.45, 2.75) is 0 Å². The number of benzene rings is 2. The highest BCUT2D eigenvalue weighted by Gasteiger charge is 2.13. The third kappa shape index (κ3) is 2.12. The van der Waals surface area contributed by atoms with Gasteiger partial charge in [0.05, 0.1) is 5.69 Å². The number of rotatable bonds is 2. The lowest BCUT2D eigenvalue weighted by Gasteiger charge is -2.09. The Bertz CT molecular complexity index is 964. The Morgan fingerprint density at radius 3 is 2.52 bits per heavy atom. The topological polar surface area (TPSA) is 92.2 Å². The van der Waals surface area contributed by atoms with Gasteiger partial charge in [-0.1, -0.05) is 36.4 Å². The van der Waals surface area contributed by atoms with Crippen LogP contribution in [0.5, 0.6) is 0 Å². The van der Waals surface area contributed by atoms with E-state index in [2.05, 4.69) is 0 Å². The van der Waals surface area contributed by atoms with E-state index in [0.29, 0.717) is 5.69 Å². The highest BCUT2D eigenvalue weighted by atomic mass is 16.4. The van der Waals surface area contributed by atoms with Crippen LogP contribution in [0, 0.1) is 0 Å². The maximum Gasteiger partial charge on any atom is 0.342 e. The molecule has 0 atom stereocenters. The molecule has 1 heterocycles. The molecule has 2 N–H and O–H groups in total. The summed E-state index contributed by atoms with van der Waals surface area (Å²) in [7, 11) is 0. The van der Waals surface area contributed by atoms with E-state index in [-0.39, 0.29) is 0 Å². The van der Waals surface area contributed by atoms with Crippen LogP contribution in [0.3, 0.4) is 0 Å². The Balaban J connectivity index is 2.38. The van der Waals surface area contributed by atoms with Crippen LogP contribution in [0.4, 0.5) is 0 Å². The van der Waals surface area contributed by atoms with Crippen LogP contribution in [0.1, 0.15) is 10.4 Å². The third-order valence-electron chi connectivity index (χ3n) is 3.20. The fourth-order valence-electron chi connectivity index (χ4n) is 2.22. The molecule has 0 aliphatic rings. The van der Waals surface area contributed by atoms with Crippen molar-refractivity contribution in [2.24, 2.45) is 0 Å². The van der Waals surface area contributed by atoms with Gasteiger partial charge in [-0.3, -0.25) is 14.3 Å². The molecule has 6 heteroatoms. The highest BCUT2D eigenvalue weighted by molar-refractivity contribution is 5.91. The minimum absolute atomic E-state index is 0.484. The second-order valence-electron chi connectivity index (χ2n) is 4.48. The van der Waals surface area contributed by atoms with Crippen molar-refractivity contribution in [3.63, 3.8) is 0 Å². The largest absolute Gasteiger partial charge is 0.477 e. The lowest BCUT2D eigenvalue weighted by Crippen LogP contribution is -2.32. The third-order valence-corrected chi connectivity index (χ3v) is 3.20. The molecule has 6 nitrogen and oxygen atoms in total. The predicted octanol–water partition coefficient (Wildman–Crippen LogP) is 1.38. The van der Waals surface area contributed by atoms with Gasteiger partial charge in [-0.2, -0.15) is 0 Å². The summed E-state index contributed by atoms with van der Waals surface area (Å²) in [5.74, 6) is -1.38. The van der Waals surface area contributed by atoms with Crippen LogP contribution < -0.4 is 11.2 Å². The zero-order valence-electron chi connectivity index (χ0n) is 10.7. The molecule has 0 spiro atoms. The van der Waals surface area contributed by atoms with Crippen molar-refractivity contribution in [1.82, 2.24) is 9.55 Å². The average Bonchev–Trinajstić information content (AvgIpc) is 2.46. The lowest BCUT2D eigenvalue weighted by atomic mass is 10.1. The van der Waals surface area contributed by atoms with E-state index >= 15 is 0 Å². The van der Waals surface area contributed by atoms with E-state index in [0.717, 1.165) is 21.5 Å². The van der Waals surface area contributed by atoms with Gasteiger partial charge in [0.1, 0.15) is 5.56 Å². The second-order valence-corrected chi connectivity index (χ2v) is 4.48. The zero-order chi connectivity index (χ0) is 15.0. The fourth-order valence-corrected chi connectivity index (χ4v) is 2.22. The number of nitrogens with zero attached hydrogens (tertiary/aromatic N) is 1. The highest BCUT2D eigenvalue weighted by Crippen LogP contribution is 2.20. The second kappa shape index (κ2) is 4.75. The standard InChI is InChI=1S/C15H10N2O4/c18-13-11(14(19)20)8-17(15(21)16-13)12-7-3-5-9-4-1-2-6-10(9)12/h1-8H,(H,19,20)(H,16,18,21). The molecular weight excluding hydrogens is 272 g/mol. The van der Waals surface area contributed by atoms with E-state index in [1.807, 2.05) is 35.3 Å². The number of aromatic amines is 1. The van der Waals surface area contributed by atoms with Crippen molar-refractivity contribution in [3.05, 3.63) is 75.1 Å². The molecule has 0 fully saturated rings. The molecule has 0 bridgehead atoms. The summed E-state index contributed by atoms with van der Waals surface area (Å²) >= 11 is 0. The van der Waals surface area contributed by atoms with Gasteiger partial charge >= 0.3 is 11.7 Å². The molecule has 3 rings (SSSR count). The number of aromatic carboxylic acids is 1. The Hall–Kier alpha value is -3.15. The first-order valence-electron chi connectivity index (χ1n) is 6.15. The van der Waals surface area contributed by atoms with E-state index < -0.39 is 22.8 Å². The SMILES string of the molecule is O=C(O)c1cn(-c2cccc3ccccc23)c(=O)[nH]c1=O. The van der Waals surface area contributed by atoms with Crippen LogP contribution in [-0.4, -0.2) is 20.6 Å². The summed E-state index contributed by atoms with van der Waals surface area (Å²) in [5, 5.41) is 10.7. The molecule has 1 aromatic heterocycles. The fraction of sp³-hybridized carbons (Fsp3) is 0. The molecule has 0 saturated carbocycles. The van der Waals surface area contributed by atoms with Crippen molar-refractivity contribution in [2.75, 3.05) is 0 Å². The number of H-pyrrole nitrogens is 1. The van der Waals surface area contributed by atoms with E-state index in [1.54, 1.807) is 12.1 Å². The van der Waals surface area contributed by atoms with Gasteiger partial charge in [-0.25, -0.2) is 9.59 Å². The molecule has 2 aromatic carbocycles. The van der Waals surface area contributed by atoms with Gasteiger partial charge < -0.3 is 5.11 Å². The van der Waals surface area contributed by atoms with E-state index in [1.165, 1.54) is 0 Å². The van der Waals surface area contributed by atoms with Crippen molar-refractivity contribution in [1.29, 1.82) is 0 Å². The molecule has 0 amide bonds. The molecule has 0 unspecified atom stereocenters. The van der Waals surface area contributed by atoms with Gasteiger partial charge in [0.15, 0.2) is 0 Å². The van der Waals surface area contributed by atoms with Gasteiger partial charge in [0.25, 0.3) is 5.56 Å². The maximum absolute atomic E-state index is 12.0. The number of hydrogen-bond donors (Lipinski definition) is 2. The molecule has 3 aromatic rings. The first-order chi connectivity index (χ1) is 10.1. The van der Waals surface area contributed by atoms with Gasteiger partial charge in [-0.15, -0.1) is 0 Å². The van der Waals surface area contributed by atoms with Crippen LogP contribution in [0.15, 0.2) is 58.3 Å². The monoisotopic (exact) mass is 282 g/mol. The number of carboxylic acids is 1. The number of hydrogen-bond acceptors (Lipinski definition) is 3. The molecule has 0 aliphatic carbocycles. The summed E-state index contributed by atoms with van der Waals surface area (Å²) in [4.78, 5) is 36.5. The molecule has 0 saturated heterocycles. The summed E-state index contributed by atoms with van der Waals surface area (Å²) in [6.45, 7) is 0. The Morgan fingerprint density at radius 2 is 1.76 bits per heavy atom. The number of nitrogens with one attached hydrogen (secondary N) is 1. The normalized spacial score (nSPS) is 10.7. The summed E-state index contributed by atoms with van der Waals surface area (Å²) < 4.78 is 1.13. The predicted molar refractivity (Wildman–Crippen MR) is 77.1 cm³/mol. The van der Waals surface area contributed by atoms with Crippen LogP contribution in [0.2, 0.25) is 0 Å². The van der Waals surface area contributed by atoms with Crippen LogP contribution in [0.25, 0.3) is 16.5 Å². The Kier molecular flexibility index (Phi) is 2.91. The quantitative estimate of drug-likeness (QED) is 0.742. The van der Waals surface area contributed by atoms with E-state index in [9.17, 15) is 14.4 Å². The first kappa shape index (κ1) is 12.9. The summed E-state index contributed by atoms with van der Waals surface area (Å²) in [5.41, 5.74) is -1.57. The van der Waals surface area contributed by atoms with Crippen molar-refractivity contribution < 1.29 is 9.90 Å².